The lowest BCUT2D eigenvalue weighted by Gasteiger charge is -2.16. The van der Waals surface area contributed by atoms with E-state index in [9.17, 15) is 9.59 Å². The van der Waals surface area contributed by atoms with Gasteiger partial charge in [-0.3, -0.25) is 9.59 Å². The molecule has 2 unspecified atom stereocenters. The number of hydrogen-bond acceptors (Lipinski definition) is 2. The predicted octanol–water partition coefficient (Wildman–Crippen LogP) is 1.50. The normalized spacial score (nSPS) is 26.8. The van der Waals surface area contributed by atoms with E-state index in [2.05, 4.69) is 0 Å². The molecule has 80 valence electrons. The van der Waals surface area contributed by atoms with Crippen LogP contribution in [0.3, 0.4) is 0 Å². The van der Waals surface area contributed by atoms with Gasteiger partial charge in [-0.05, 0) is 18.8 Å². The number of Topliss-reactive ketones (excluding diaryl/α,β-unsaturated/α-hetero) is 1. The van der Waals surface area contributed by atoms with Gasteiger partial charge >= 0.3 is 0 Å². The molecule has 1 fully saturated rings. The Morgan fingerprint density at radius 3 is 2.50 bits per heavy atom. The van der Waals surface area contributed by atoms with E-state index in [1.54, 1.807) is 0 Å². The van der Waals surface area contributed by atoms with Crippen molar-refractivity contribution >= 4 is 11.7 Å². The van der Waals surface area contributed by atoms with E-state index in [0.29, 0.717) is 6.42 Å². The zero-order valence-corrected chi connectivity index (χ0v) is 8.95. The Labute approximate surface area is 85.0 Å². The maximum atomic E-state index is 11.5. The molecule has 0 aliphatic heterocycles. The van der Waals surface area contributed by atoms with Gasteiger partial charge in [-0.25, -0.2) is 0 Å². The lowest BCUT2D eigenvalue weighted by molar-refractivity contribution is -0.125. The average Bonchev–Trinajstić information content (AvgIpc) is 2.52. The van der Waals surface area contributed by atoms with Gasteiger partial charge in [-0.2, -0.15) is 0 Å². The molecule has 0 saturated heterocycles. The molecule has 0 heterocycles. The molecule has 2 N–H and O–H groups in total. The first-order valence-electron chi connectivity index (χ1n) is 5.34. The molecule has 0 aromatic heterocycles. The van der Waals surface area contributed by atoms with Crippen LogP contribution in [0.2, 0.25) is 0 Å². The van der Waals surface area contributed by atoms with Gasteiger partial charge in [-0.1, -0.05) is 20.3 Å². The van der Waals surface area contributed by atoms with Gasteiger partial charge in [0.1, 0.15) is 5.78 Å². The highest BCUT2D eigenvalue weighted by atomic mass is 16.1. The van der Waals surface area contributed by atoms with Crippen molar-refractivity contribution in [3.63, 3.8) is 0 Å². The fourth-order valence-corrected chi connectivity index (χ4v) is 2.15. The fourth-order valence-electron chi connectivity index (χ4n) is 2.15. The van der Waals surface area contributed by atoms with E-state index in [-0.39, 0.29) is 29.4 Å². The summed E-state index contributed by atoms with van der Waals surface area (Å²) in [6, 6.07) is 0. The molecule has 3 heteroatoms. The highest BCUT2D eigenvalue weighted by Crippen LogP contribution is 2.34. The number of hydrogen-bond donors (Lipinski definition) is 1. The summed E-state index contributed by atoms with van der Waals surface area (Å²) in [5.41, 5.74) is 5.29. The van der Waals surface area contributed by atoms with Crippen LogP contribution in [0.5, 0.6) is 0 Å². The highest BCUT2D eigenvalue weighted by molar-refractivity contribution is 5.82. The van der Waals surface area contributed by atoms with E-state index in [1.807, 2.05) is 13.8 Å². The minimum Gasteiger partial charge on any atom is -0.369 e. The zero-order valence-electron chi connectivity index (χ0n) is 8.95. The average molecular weight is 197 g/mol. The second-order valence-electron chi connectivity index (χ2n) is 4.52. The van der Waals surface area contributed by atoms with Gasteiger partial charge in [-0.15, -0.1) is 0 Å². The van der Waals surface area contributed by atoms with Crippen LogP contribution < -0.4 is 5.73 Å². The predicted molar refractivity (Wildman–Crippen MR) is 54.5 cm³/mol. The van der Waals surface area contributed by atoms with Crippen LogP contribution in [0.1, 0.15) is 39.5 Å². The summed E-state index contributed by atoms with van der Waals surface area (Å²) in [5, 5.41) is 0. The molecular weight excluding hydrogens is 178 g/mol. The van der Waals surface area contributed by atoms with Crippen molar-refractivity contribution in [3.05, 3.63) is 0 Å². The Hall–Kier alpha value is -0.860. The summed E-state index contributed by atoms with van der Waals surface area (Å²) < 4.78 is 0. The van der Waals surface area contributed by atoms with Crippen LogP contribution in [0, 0.1) is 17.8 Å². The van der Waals surface area contributed by atoms with Crippen molar-refractivity contribution < 1.29 is 9.59 Å². The molecule has 1 aliphatic rings. The lowest BCUT2D eigenvalue weighted by Crippen LogP contribution is -2.28. The second kappa shape index (κ2) is 4.58. The SMILES string of the molecule is CC(C)C(=O)CC1CCCC1C(N)=O. The largest absolute Gasteiger partial charge is 0.369 e. The molecule has 1 aliphatic carbocycles. The number of amides is 1. The van der Waals surface area contributed by atoms with Gasteiger partial charge in [0.15, 0.2) is 0 Å². The molecule has 14 heavy (non-hydrogen) atoms. The number of primary amides is 1. The molecule has 0 aromatic rings. The third kappa shape index (κ3) is 2.56. The van der Waals surface area contributed by atoms with Crippen LogP contribution in [0.25, 0.3) is 0 Å². The first-order chi connectivity index (χ1) is 6.52. The van der Waals surface area contributed by atoms with Crippen LogP contribution in [-0.4, -0.2) is 11.7 Å². The summed E-state index contributed by atoms with van der Waals surface area (Å²) >= 11 is 0. The summed E-state index contributed by atoms with van der Waals surface area (Å²) in [4.78, 5) is 22.6. The molecule has 1 amide bonds. The maximum Gasteiger partial charge on any atom is 0.220 e. The van der Waals surface area contributed by atoms with Crippen LogP contribution in [0.4, 0.5) is 0 Å². The van der Waals surface area contributed by atoms with E-state index in [1.165, 1.54) is 0 Å². The number of rotatable bonds is 4. The number of ketones is 1. The molecule has 2 atom stereocenters. The molecular formula is C11H19NO2. The first-order valence-corrected chi connectivity index (χ1v) is 5.34. The highest BCUT2D eigenvalue weighted by Gasteiger charge is 2.32. The molecule has 3 nitrogen and oxygen atoms in total. The Morgan fingerprint density at radius 2 is 2.00 bits per heavy atom. The Morgan fingerprint density at radius 1 is 1.36 bits per heavy atom. The van der Waals surface area contributed by atoms with E-state index in [0.717, 1.165) is 19.3 Å². The zero-order chi connectivity index (χ0) is 10.7. The van der Waals surface area contributed by atoms with Crippen molar-refractivity contribution in [2.45, 2.75) is 39.5 Å². The minimum absolute atomic E-state index is 0.0577. The monoisotopic (exact) mass is 197 g/mol. The quantitative estimate of drug-likeness (QED) is 0.742. The number of carbonyl (C=O) groups is 2. The Bertz CT molecular complexity index is 235. The van der Waals surface area contributed by atoms with Crippen molar-refractivity contribution in [1.82, 2.24) is 0 Å². The van der Waals surface area contributed by atoms with E-state index >= 15 is 0 Å². The Kier molecular flexibility index (Phi) is 3.67. The number of nitrogens with two attached hydrogens (primary N) is 1. The minimum atomic E-state index is -0.232. The molecule has 0 radical (unpaired) electrons. The molecule has 1 saturated carbocycles. The summed E-state index contributed by atoms with van der Waals surface area (Å²) in [5.74, 6) is 0.247. The summed E-state index contributed by atoms with van der Waals surface area (Å²) in [6.45, 7) is 3.80. The smallest absolute Gasteiger partial charge is 0.220 e. The third-order valence-electron chi connectivity index (χ3n) is 3.13. The molecule has 0 bridgehead atoms. The van der Waals surface area contributed by atoms with Crippen molar-refractivity contribution in [3.8, 4) is 0 Å². The van der Waals surface area contributed by atoms with Crippen molar-refractivity contribution in [2.24, 2.45) is 23.5 Å². The summed E-state index contributed by atoms with van der Waals surface area (Å²) in [6.07, 6.45) is 3.41. The standard InChI is InChI=1S/C11H19NO2/c1-7(2)10(13)6-8-4-3-5-9(8)11(12)14/h7-9H,3-6H2,1-2H3,(H2,12,14). The van der Waals surface area contributed by atoms with Crippen molar-refractivity contribution in [1.29, 1.82) is 0 Å². The lowest BCUT2D eigenvalue weighted by atomic mass is 9.88. The fraction of sp³-hybridized carbons (Fsp3) is 0.818. The van der Waals surface area contributed by atoms with E-state index < -0.39 is 0 Å². The van der Waals surface area contributed by atoms with Gasteiger partial charge in [0.2, 0.25) is 5.91 Å². The third-order valence-corrected chi connectivity index (χ3v) is 3.13. The van der Waals surface area contributed by atoms with Gasteiger partial charge in [0, 0.05) is 18.3 Å². The van der Waals surface area contributed by atoms with Crippen LogP contribution in [-0.2, 0) is 9.59 Å². The molecule has 0 spiro atoms. The van der Waals surface area contributed by atoms with Gasteiger partial charge in [0.05, 0.1) is 0 Å². The first kappa shape index (κ1) is 11.2. The molecule has 0 aromatic carbocycles. The van der Waals surface area contributed by atoms with E-state index in [4.69, 9.17) is 5.73 Å². The second-order valence-corrected chi connectivity index (χ2v) is 4.52. The summed E-state index contributed by atoms with van der Waals surface area (Å²) in [7, 11) is 0. The Balaban J connectivity index is 2.51. The van der Waals surface area contributed by atoms with Gasteiger partial charge in [0.25, 0.3) is 0 Å². The van der Waals surface area contributed by atoms with Gasteiger partial charge < -0.3 is 5.73 Å². The maximum absolute atomic E-state index is 11.5. The van der Waals surface area contributed by atoms with Crippen LogP contribution in [0.15, 0.2) is 0 Å². The number of carbonyl (C=O) groups excluding carboxylic acids is 2. The topological polar surface area (TPSA) is 60.2 Å². The molecule has 1 rings (SSSR count). The van der Waals surface area contributed by atoms with Crippen molar-refractivity contribution in [2.75, 3.05) is 0 Å². The van der Waals surface area contributed by atoms with Crippen LogP contribution >= 0.6 is 0 Å².